The summed E-state index contributed by atoms with van der Waals surface area (Å²) in [4.78, 5) is 16.8. The van der Waals surface area contributed by atoms with Crippen molar-refractivity contribution in [3.63, 3.8) is 0 Å². The van der Waals surface area contributed by atoms with Gasteiger partial charge in [0.15, 0.2) is 5.69 Å². The van der Waals surface area contributed by atoms with E-state index in [0.29, 0.717) is 18.9 Å². The second kappa shape index (κ2) is 3.31. The number of hydrogen-bond donors (Lipinski definition) is 2. The zero-order chi connectivity index (χ0) is 12.0. The standard InChI is InChI=1S/C9H10F3N3O/c10-9(11,12)5-4-6(16)15-7(14-5)8(13)2-1-3-8/h4H,1-3,13H2,(H,14,15,16). The van der Waals surface area contributed by atoms with Crippen molar-refractivity contribution in [3.8, 4) is 0 Å². The van der Waals surface area contributed by atoms with Gasteiger partial charge in [-0.3, -0.25) is 4.79 Å². The third kappa shape index (κ3) is 1.82. The van der Waals surface area contributed by atoms with Gasteiger partial charge in [0.1, 0.15) is 5.82 Å². The summed E-state index contributed by atoms with van der Waals surface area (Å²) in [6.07, 6.45) is -2.71. The van der Waals surface area contributed by atoms with Crippen LogP contribution in [0.3, 0.4) is 0 Å². The first-order valence-electron chi connectivity index (χ1n) is 4.79. The van der Waals surface area contributed by atoms with E-state index in [2.05, 4.69) is 9.97 Å². The number of H-pyrrole nitrogens is 1. The van der Waals surface area contributed by atoms with E-state index in [1.165, 1.54) is 0 Å². The topological polar surface area (TPSA) is 71.8 Å². The minimum atomic E-state index is -4.62. The van der Waals surface area contributed by atoms with Crippen molar-refractivity contribution in [3.05, 3.63) is 27.9 Å². The Morgan fingerprint density at radius 1 is 1.44 bits per heavy atom. The molecule has 0 amide bonds. The predicted octanol–water partition coefficient (Wildman–Crippen LogP) is 1.13. The molecule has 0 unspecified atom stereocenters. The first-order valence-corrected chi connectivity index (χ1v) is 4.79. The highest BCUT2D eigenvalue weighted by Gasteiger charge is 2.40. The Hall–Kier alpha value is -1.37. The average Bonchev–Trinajstić information content (AvgIpc) is 2.11. The van der Waals surface area contributed by atoms with Gasteiger partial charge in [-0.2, -0.15) is 13.2 Å². The van der Waals surface area contributed by atoms with Gasteiger partial charge in [0.05, 0.1) is 5.54 Å². The number of hydrogen-bond acceptors (Lipinski definition) is 3. The number of halogens is 3. The maximum atomic E-state index is 12.4. The largest absolute Gasteiger partial charge is 0.433 e. The van der Waals surface area contributed by atoms with Crippen molar-refractivity contribution in [2.75, 3.05) is 0 Å². The van der Waals surface area contributed by atoms with Crippen LogP contribution < -0.4 is 11.3 Å². The summed E-state index contributed by atoms with van der Waals surface area (Å²) in [7, 11) is 0. The SMILES string of the molecule is NC1(c2nc(C(F)(F)F)cc(=O)[nH]2)CCC1. The fourth-order valence-electron chi connectivity index (χ4n) is 1.63. The summed E-state index contributed by atoms with van der Waals surface area (Å²) in [6, 6.07) is 0.436. The Bertz CT molecular complexity index is 462. The lowest BCUT2D eigenvalue weighted by Gasteiger charge is -2.36. The number of nitrogens with one attached hydrogen (secondary N) is 1. The molecule has 0 atom stereocenters. The second-order valence-electron chi connectivity index (χ2n) is 3.99. The van der Waals surface area contributed by atoms with Crippen molar-refractivity contribution >= 4 is 0 Å². The fourth-order valence-corrected chi connectivity index (χ4v) is 1.63. The molecule has 7 heteroatoms. The van der Waals surface area contributed by atoms with Crippen molar-refractivity contribution in [1.29, 1.82) is 0 Å². The number of nitrogens with zero attached hydrogens (tertiary/aromatic N) is 1. The normalized spacial score (nSPS) is 19.2. The van der Waals surface area contributed by atoms with Crippen LogP contribution in [0.1, 0.15) is 30.8 Å². The Morgan fingerprint density at radius 2 is 2.06 bits per heavy atom. The van der Waals surface area contributed by atoms with Gasteiger partial charge < -0.3 is 10.7 Å². The lowest BCUT2D eigenvalue weighted by Crippen LogP contribution is -2.46. The number of rotatable bonds is 1. The second-order valence-corrected chi connectivity index (χ2v) is 3.99. The first-order chi connectivity index (χ1) is 7.31. The molecule has 1 heterocycles. The molecule has 1 aromatic rings. The van der Waals surface area contributed by atoms with E-state index in [-0.39, 0.29) is 5.82 Å². The van der Waals surface area contributed by atoms with Crippen LogP contribution in [0.4, 0.5) is 13.2 Å². The number of aromatic nitrogens is 2. The minimum absolute atomic E-state index is 0.0708. The molecule has 88 valence electrons. The highest BCUT2D eigenvalue weighted by atomic mass is 19.4. The molecule has 1 aromatic heterocycles. The van der Waals surface area contributed by atoms with Crippen LogP contribution in [0.15, 0.2) is 10.9 Å². The molecule has 0 spiro atoms. The zero-order valence-corrected chi connectivity index (χ0v) is 8.27. The summed E-state index contributed by atoms with van der Waals surface area (Å²) in [6.45, 7) is 0. The Kier molecular flexibility index (Phi) is 2.30. The molecule has 16 heavy (non-hydrogen) atoms. The van der Waals surface area contributed by atoms with Gasteiger partial charge in [-0.05, 0) is 19.3 Å². The van der Waals surface area contributed by atoms with Crippen LogP contribution in [-0.4, -0.2) is 9.97 Å². The van der Waals surface area contributed by atoms with Gasteiger partial charge >= 0.3 is 6.18 Å². The Balaban J connectivity index is 2.48. The van der Waals surface area contributed by atoms with Gasteiger partial charge in [-0.15, -0.1) is 0 Å². The lowest BCUT2D eigenvalue weighted by molar-refractivity contribution is -0.141. The maximum Gasteiger partial charge on any atom is 0.433 e. The van der Waals surface area contributed by atoms with E-state index in [9.17, 15) is 18.0 Å². The molecule has 3 N–H and O–H groups in total. The third-order valence-corrected chi connectivity index (χ3v) is 2.75. The van der Waals surface area contributed by atoms with E-state index in [4.69, 9.17) is 5.73 Å². The molecule has 1 aliphatic rings. The highest BCUT2D eigenvalue weighted by molar-refractivity contribution is 5.14. The van der Waals surface area contributed by atoms with Crippen molar-refractivity contribution in [2.24, 2.45) is 5.73 Å². The van der Waals surface area contributed by atoms with Crippen molar-refractivity contribution in [2.45, 2.75) is 31.0 Å². The molecule has 0 saturated heterocycles. The van der Waals surface area contributed by atoms with Gasteiger partial charge in [0.25, 0.3) is 5.56 Å². The summed E-state index contributed by atoms with van der Waals surface area (Å²) in [5, 5.41) is 0. The van der Waals surface area contributed by atoms with Gasteiger partial charge in [-0.1, -0.05) is 0 Å². The summed E-state index contributed by atoms with van der Waals surface area (Å²) in [5.41, 5.74) is 2.89. The third-order valence-electron chi connectivity index (χ3n) is 2.75. The molecule has 1 aliphatic carbocycles. The van der Waals surface area contributed by atoms with Gasteiger partial charge in [-0.25, -0.2) is 4.98 Å². The first kappa shape index (κ1) is 11.1. The average molecular weight is 233 g/mol. The molecular formula is C9H10F3N3O. The monoisotopic (exact) mass is 233 g/mol. The lowest BCUT2D eigenvalue weighted by atomic mass is 9.77. The van der Waals surface area contributed by atoms with E-state index in [1.54, 1.807) is 0 Å². The van der Waals surface area contributed by atoms with Crippen LogP contribution in [0.25, 0.3) is 0 Å². The fraction of sp³-hybridized carbons (Fsp3) is 0.556. The van der Waals surface area contributed by atoms with E-state index in [1.807, 2.05) is 0 Å². The van der Waals surface area contributed by atoms with E-state index >= 15 is 0 Å². The smallest absolute Gasteiger partial charge is 0.319 e. The molecule has 0 bridgehead atoms. The minimum Gasteiger partial charge on any atom is -0.319 e. The quantitative estimate of drug-likeness (QED) is 0.763. The van der Waals surface area contributed by atoms with Gasteiger partial charge in [0.2, 0.25) is 0 Å². The van der Waals surface area contributed by atoms with Crippen LogP contribution in [-0.2, 0) is 11.7 Å². The number of nitrogens with two attached hydrogens (primary N) is 1. The molecular weight excluding hydrogens is 223 g/mol. The summed E-state index contributed by atoms with van der Waals surface area (Å²) < 4.78 is 37.2. The zero-order valence-electron chi connectivity index (χ0n) is 8.27. The summed E-state index contributed by atoms with van der Waals surface area (Å²) >= 11 is 0. The molecule has 0 aliphatic heterocycles. The Morgan fingerprint density at radius 3 is 2.50 bits per heavy atom. The number of aromatic amines is 1. The van der Waals surface area contributed by atoms with E-state index in [0.717, 1.165) is 6.42 Å². The summed E-state index contributed by atoms with van der Waals surface area (Å²) in [5.74, 6) is -0.0708. The molecule has 2 rings (SSSR count). The van der Waals surface area contributed by atoms with Crippen LogP contribution in [0.5, 0.6) is 0 Å². The maximum absolute atomic E-state index is 12.4. The van der Waals surface area contributed by atoms with E-state index < -0.39 is 23.0 Å². The molecule has 0 radical (unpaired) electrons. The van der Waals surface area contributed by atoms with Crippen LogP contribution in [0.2, 0.25) is 0 Å². The number of alkyl halides is 3. The molecule has 4 nitrogen and oxygen atoms in total. The van der Waals surface area contributed by atoms with Crippen molar-refractivity contribution in [1.82, 2.24) is 9.97 Å². The van der Waals surface area contributed by atoms with Gasteiger partial charge in [0, 0.05) is 6.07 Å². The molecule has 1 saturated carbocycles. The van der Waals surface area contributed by atoms with Crippen LogP contribution >= 0.6 is 0 Å². The van der Waals surface area contributed by atoms with Crippen LogP contribution in [0, 0.1) is 0 Å². The Labute approximate surface area is 88.7 Å². The molecule has 0 aromatic carbocycles. The predicted molar refractivity (Wildman–Crippen MR) is 49.6 cm³/mol. The highest BCUT2D eigenvalue weighted by Crippen LogP contribution is 2.37. The molecule has 1 fully saturated rings. The van der Waals surface area contributed by atoms with Crippen molar-refractivity contribution < 1.29 is 13.2 Å².